The molecular weight excluding hydrogens is 534 g/mol. The smallest absolute Gasteiger partial charge is 0.247 e. The van der Waals surface area contributed by atoms with E-state index < -0.39 is 0 Å². The molecule has 4 atom stereocenters. The van der Waals surface area contributed by atoms with Gasteiger partial charge in [-0.2, -0.15) is 10.2 Å². The standard InChI is InChI=1S/C32H37N5O5/c1-19-17-29(39)34-35-30(19)21-10-13-23(14-11-21)33-28(38)16-9-20(2)37-32(40)25-8-6-5-7-24(25)31(36-37)22-12-15-26(41-3)27(18-22)42-4/h5-6,10-15,18-20,24-25H,7-9,16-17H2,1-4H3,(H,33,38)(H,34,39). The molecule has 2 N–H and O–H groups in total. The highest BCUT2D eigenvalue weighted by Gasteiger charge is 2.41. The van der Waals surface area contributed by atoms with E-state index in [4.69, 9.17) is 14.6 Å². The average molecular weight is 572 g/mol. The molecular formula is C32H37N5O5. The van der Waals surface area contributed by atoms with Crippen molar-refractivity contribution in [3.63, 3.8) is 0 Å². The number of hydrogen-bond donors (Lipinski definition) is 2. The largest absolute Gasteiger partial charge is 0.493 e. The zero-order chi connectivity index (χ0) is 29.8. The molecule has 4 unspecified atom stereocenters. The van der Waals surface area contributed by atoms with Crippen molar-refractivity contribution in [1.29, 1.82) is 0 Å². The van der Waals surface area contributed by atoms with Gasteiger partial charge in [-0.05, 0) is 62.1 Å². The number of benzene rings is 2. The number of methoxy groups -OCH3 is 2. The average Bonchev–Trinajstić information content (AvgIpc) is 3.00. The van der Waals surface area contributed by atoms with Gasteiger partial charge in [0.15, 0.2) is 11.5 Å². The first-order valence-corrected chi connectivity index (χ1v) is 14.3. The van der Waals surface area contributed by atoms with E-state index >= 15 is 0 Å². The first-order valence-electron chi connectivity index (χ1n) is 14.3. The fourth-order valence-corrected chi connectivity index (χ4v) is 5.79. The number of carbonyl (C=O) groups is 3. The number of carbonyl (C=O) groups excluding carboxylic acids is 3. The van der Waals surface area contributed by atoms with E-state index in [9.17, 15) is 14.4 Å². The zero-order valence-electron chi connectivity index (χ0n) is 24.4. The molecule has 1 aliphatic carbocycles. The molecule has 220 valence electrons. The molecule has 10 heteroatoms. The van der Waals surface area contributed by atoms with E-state index in [1.807, 2.05) is 56.3 Å². The van der Waals surface area contributed by atoms with Crippen LogP contribution < -0.4 is 20.2 Å². The van der Waals surface area contributed by atoms with Crippen molar-refractivity contribution in [1.82, 2.24) is 10.4 Å². The monoisotopic (exact) mass is 571 g/mol. The third kappa shape index (κ3) is 6.07. The molecule has 0 spiro atoms. The summed E-state index contributed by atoms with van der Waals surface area (Å²) in [6.07, 6.45) is 6.67. The maximum absolute atomic E-state index is 13.5. The molecule has 3 amide bonds. The lowest BCUT2D eigenvalue weighted by atomic mass is 9.76. The van der Waals surface area contributed by atoms with E-state index in [1.165, 1.54) is 0 Å². The van der Waals surface area contributed by atoms with Crippen LogP contribution >= 0.6 is 0 Å². The number of allylic oxidation sites excluding steroid dienone is 2. The number of hydrazone groups is 2. The topological polar surface area (TPSA) is 122 Å². The Balaban J connectivity index is 1.26. The van der Waals surface area contributed by atoms with Crippen molar-refractivity contribution < 1.29 is 23.9 Å². The number of amides is 3. The van der Waals surface area contributed by atoms with Gasteiger partial charge in [-0.3, -0.25) is 14.4 Å². The summed E-state index contributed by atoms with van der Waals surface area (Å²) in [6, 6.07) is 12.9. The van der Waals surface area contributed by atoms with Crippen molar-refractivity contribution in [3.8, 4) is 11.5 Å². The summed E-state index contributed by atoms with van der Waals surface area (Å²) in [7, 11) is 3.19. The molecule has 0 radical (unpaired) electrons. The Morgan fingerprint density at radius 2 is 1.69 bits per heavy atom. The van der Waals surface area contributed by atoms with Crippen molar-refractivity contribution in [2.45, 2.75) is 52.0 Å². The van der Waals surface area contributed by atoms with Crippen LogP contribution in [0.1, 0.15) is 57.1 Å². The molecule has 42 heavy (non-hydrogen) atoms. The Labute approximate surface area is 245 Å². The van der Waals surface area contributed by atoms with E-state index in [-0.39, 0.29) is 47.9 Å². The van der Waals surface area contributed by atoms with Gasteiger partial charge >= 0.3 is 0 Å². The van der Waals surface area contributed by atoms with Crippen LogP contribution in [-0.4, -0.2) is 54.4 Å². The summed E-state index contributed by atoms with van der Waals surface area (Å²) in [6.45, 7) is 3.90. The van der Waals surface area contributed by atoms with Gasteiger partial charge in [-0.1, -0.05) is 31.2 Å². The Hall–Kier alpha value is -4.47. The minimum absolute atomic E-state index is 0.00637. The Bertz CT molecular complexity index is 1450. The van der Waals surface area contributed by atoms with Crippen molar-refractivity contribution in [3.05, 3.63) is 65.7 Å². The maximum Gasteiger partial charge on any atom is 0.247 e. The molecule has 0 aromatic heterocycles. The second-order valence-corrected chi connectivity index (χ2v) is 11.0. The van der Waals surface area contributed by atoms with Gasteiger partial charge in [-0.25, -0.2) is 10.4 Å². The molecule has 5 rings (SSSR count). The van der Waals surface area contributed by atoms with Crippen LogP contribution in [-0.2, 0) is 14.4 Å². The van der Waals surface area contributed by atoms with Gasteiger partial charge in [0, 0.05) is 35.9 Å². The van der Waals surface area contributed by atoms with Crippen LogP contribution in [0.5, 0.6) is 11.5 Å². The number of nitrogens with one attached hydrogen (secondary N) is 2. The lowest BCUT2D eigenvalue weighted by Gasteiger charge is -2.39. The normalized spacial score (nSPS) is 22.4. The maximum atomic E-state index is 13.5. The summed E-state index contributed by atoms with van der Waals surface area (Å²) in [5.41, 5.74) is 6.65. The number of hydrogen-bond acceptors (Lipinski definition) is 7. The highest BCUT2D eigenvalue weighted by atomic mass is 16.5. The van der Waals surface area contributed by atoms with Crippen molar-refractivity contribution in [2.24, 2.45) is 28.0 Å². The molecule has 2 aliphatic heterocycles. The summed E-state index contributed by atoms with van der Waals surface area (Å²) in [5, 5.41) is 13.6. The lowest BCUT2D eigenvalue weighted by molar-refractivity contribution is -0.140. The molecule has 3 aliphatic rings. The first-order chi connectivity index (χ1) is 20.3. The lowest BCUT2D eigenvalue weighted by Crippen LogP contribution is -2.48. The number of ether oxygens (including phenoxy) is 2. The Kier molecular flexibility index (Phi) is 8.70. The number of rotatable bonds is 9. The number of fused-ring (bicyclic) bond motifs is 1. The van der Waals surface area contributed by atoms with Gasteiger partial charge in [0.2, 0.25) is 17.7 Å². The van der Waals surface area contributed by atoms with E-state index in [0.717, 1.165) is 29.0 Å². The second kappa shape index (κ2) is 12.6. The third-order valence-electron chi connectivity index (χ3n) is 8.15. The summed E-state index contributed by atoms with van der Waals surface area (Å²) >= 11 is 0. The molecule has 0 fully saturated rings. The first kappa shape index (κ1) is 29.0. The Morgan fingerprint density at radius 1 is 1.00 bits per heavy atom. The predicted octanol–water partition coefficient (Wildman–Crippen LogP) is 4.50. The minimum Gasteiger partial charge on any atom is -0.493 e. The number of anilines is 1. The van der Waals surface area contributed by atoms with Crippen LogP contribution in [0.15, 0.2) is 64.8 Å². The fourth-order valence-electron chi connectivity index (χ4n) is 5.79. The summed E-state index contributed by atoms with van der Waals surface area (Å²) in [5.74, 6) is 0.803. The van der Waals surface area contributed by atoms with Gasteiger partial charge in [0.05, 0.1) is 37.6 Å². The van der Waals surface area contributed by atoms with E-state index in [2.05, 4.69) is 28.0 Å². The van der Waals surface area contributed by atoms with Gasteiger partial charge in [0.1, 0.15) is 0 Å². The second-order valence-electron chi connectivity index (χ2n) is 11.0. The highest BCUT2D eigenvalue weighted by molar-refractivity contribution is 6.07. The van der Waals surface area contributed by atoms with Crippen LogP contribution in [0, 0.1) is 17.8 Å². The van der Waals surface area contributed by atoms with E-state index in [0.29, 0.717) is 36.4 Å². The SMILES string of the molecule is COc1ccc(C2=NN(C(C)CCC(=O)Nc3ccc(C4=NNC(=O)CC4C)cc3)C(=O)C3CC=CCC23)cc1OC. The number of nitrogens with zero attached hydrogens (tertiary/aromatic N) is 3. The van der Waals surface area contributed by atoms with Gasteiger partial charge in [-0.15, -0.1) is 0 Å². The molecule has 0 saturated heterocycles. The van der Waals surface area contributed by atoms with E-state index in [1.54, 1.807) is 19.2 Å². The summed E-state index contributed by atoms with van der Waals surface area (Å²) in [4.78, 5) is 37.9. The molecule has 0 bridgehead atoms. The van der Waals surface area contributed by atoms with Crippen LogP contribution in [0.3, 0.4) is 0 Å². The zero-order valence-corrected chi connectivity index (χ0v) is 24.4. The van der Waals surface area contributed by atoms with Crippen LogP contribution in [0.2, 0.25) is 0 Å². The van der Waals surface area contributed by atoms with Crippen molar-refractivity contribution >= 4 is 34.8 Å². The molecule has 2 heterocycles. The third-order valence-corrected chi connectivity index (χ3v) is 8.15. The predicted molar refractivity (Wildman–Crippen MR) is 161 cm³/mol. The Morgan fingerprint density at radius 3 is 2.38 bits per heavy atom. The van der Waals surface area contributed by atoms with Gasteiger partial charge in [0.25, 0.3) is 0 Å². The molecule has 0 saturated carbocycles. The highest BCUT2D eigenvalue weighted by Crippen LogP contribution is 2.37. The van der Waals surface area contributed by atoms with Crippen LogP contribution in [0.4, 0.5) is 5.69 Å². The fraction of sp³-hybridized carbons (Fsp3) is 0.406. The molecule has 2 aromatic carbocycles. The molecule has 10 nitrogen and oxygen atoms in total. The summed E-state index contributed by atoms with van der Waals surface area (Å²) < 4.78 is 10.9. The molecule has 2 aromatic rings. The minimum atomic E-state index is -0.270. The quantitative estimate of drug-likeness (QED) is 0.429. The van der Waals surface area contributed by atoms with Gasteiger partial charge < -0.3 is 14.8 Å². The van der Waals surface area contributed by atoms with Crippen LogP contribution in [0.25, 0.3) is 0 Å². The van der Waals surface area contributed by atoms with Crippen molar-refractivity contribution in [2.75, 3.05) is 19.5 Å².